The Labute approximate surface area is 213 Å². The SMILES string of the molecule is COc1ccc(-c2nnc3c4ccccc4nc(N4CCN(C(=O)OCc5ccccc5)CC4)n23)cc1. The molecule has 0 saturated carbocycles. The molecule has 1 aliphatic heterocycles. The Kier molecular flexibility index (Phi) is 6.02. The van der Waals surface area contributed by atoms with E-state index in [2.05, 4.69) is 15.1 Å². The van der Waals surface area contributed by atoms with Gasteiger partial charge in [-0.05, 0) is 42.0 Å². The molecule has 9 heteroatoms. The Morgan fingerprint density at radius 3 is 2.35 bits per heavy atom. The van der Waals surface area contributed by atoms with Gasteiger partial charge in [0.25, 0.3) is 0 Å². The van der Waals surface area contributed by atoms with Crippen LogP contribution in [0.4, 0.5) is 10.7 Å². The van der Waals surface area contributed by atoms with Gasteiger partial charge in [-0.1, -0.05) is 42.5 Å². The van der Waals surface area contributed by atoms with Crippen molar-refractivity contribution in [1.82, 2.24) is 24.5 Å². The highest BCUT2D eigenvalue weighted by molar-refractivity contribution is 5.93. The highest BCUT2D eigenvalue weighted by atomic mass is 16.6. The summed E-state index contributed by atoms with van der Waals surface area (Å²) in [4.78, 5) is 21.6. The minimum atomic E-state index is -0.302. The molecule has 1 aliphatic rings. The molecule has 0 unspecified atom stereocenters. The van der Waals surface area contributed by atoms with Gasteiger partial charge >= 0.3 is 6.09 Å². The van der Waals surface area contributed by atoms with E-state index in [-0.39, 0.29) is 12.7 Å². The van der Waals surface area contributed by atoms with Crippen LogP contribution in [0.1, 0.15) is 5.56 Å². The van der Waals surface area contributed by atoms with Gasteiger partial charge in [-0.25, -0.2) is 14.2 Å². The second-order valence-electron chi connectivity index (χ2n) is 8.85. The van der Waals surface area contributed by atoms with Gasteiger partial charge in [0.05, 0.1) is 12.6 Å². The number of benzene rings is 3. The predicted molar refractivity (Wildman–Crippen MR) is 141 cm³/mol. The molecule has 37 heavy (non-hydrogen) atoms. The summed E-state index contributed by atoms with van der Waals surface area (Å²) in [6, 6.07) is 25.4. The van der Waals surface area contributed by atoms with E-state index in [1.165, 1.54) is 0 Å². The zero-order chi connectivity index (χ0) is 25.2. The molecule has 1 saturated heterocycles. The third-order valence-electron chi connectivity index (χ3n) is 6.60. The first-order valence-electron chi connectivity index (χ1n) is 12.2. The van der Waals surface area contributed by atoms with Crippen LogP contribution in [0.25, 0.3) is 27.9 Å². The number of rotatable bonds is 5. The third-order valence-corrected chi connectivity index (χ3v) is 6.60. The highest BCUT2D eigenvalue weighted by Gasteiger charge is 2.26. The molecule has 186 valence electrons. The van der Waals surface area contributed by atoms with Gasteiger partial charge < -0.3 is 19.3 Å². The number of carbonyl (C=O) groups is 1. The predicted octanol–water partition coefficient (Wildman–Crippen LogP) is 4.41. The lowest BCUT2D eigenvalue weighted by Crippen LogP contribution is -2.49. The largest absolute Gasteiger partial charge is 0.497 e. The fraction of sp³-hybridized carbons (Fsp3) is 0.214. The second-order valence-corrected chi connectivity index (χ2v) is 8.85. The Bertz CT molecular complexity index is 1540. The van der Waals surface area contributed by atoms with Crippen LogP contribution in [0.3, 0.4) is 0 Å². The molecule has 2 aromatic heterocycles. The first-order chi connectivity index (χ1) is 18.2. The van der Waals surface area contributed by atoms with Crippen LogP contribution in [-0.4, -0.2) is 63.9 Å². The summed E-state index contributed by atoms with van der Waals surface area (Å²) in [6.45, 7) is 2.55. The lowest BCUT2D eigenvalue weighted by Gasteiger charge is -2.35. The maximum absolute atomic E-state index is 12.7. The first-order valence-corrected chi connectivity index (χ1v) is 12.2. The summed E-state index contributed by atoms with van der Waals surface area (Å²) >= 11 is 0. The minimum Gasteiger partial charge on any atom is -0.497 e. The molecule has 6 rings (SSSR count). The number of piperazine rings is 1. The molecule has 0 bridgehead atoms. The van der Waals surface area contributed by atoms with Crippen LogP contribution in [0.2, 0.25) is 0 Å². The molecule has 1 amide bonds. The number of amides is 1. The van der Waals surface area contributed by atoms with Crippen molar-refractivity contribution < 1.29 is 14.3 Å². The zero-order valence-corrected chi connectivity index (χ0v) is 20.4. The van der Waals surface area contributed by atoms with E-state index in [0.29, 0.717) is 32.0 Å². The maximum atomic E-state index is 12.7. The summed E-state index contributed by atoms with van der Waals surface area (Å²) in [7, 11) is 1.65. The van der Waals surface area contributed by atoms with Gasteiger partial charge in [0.2, 0.25) is 5.95 Å². The number of para-hydroxylation sites is 1. The van der Waals surface area contributed by atoms with E-state index < -0.39 is 0 Å². The molecule has 3 heterocycles. The van der Waals surface area contributed by atoms with Crippen molar-refractivity contribution in [3.05, 3.63) is 84.4 Å². The first kappa shape index (κ1) is 22.8. The van der Waals surface area contributed by atoms with Gasteiger partial charge in [-0.3, -0.25) is 0 Å². The highest BCUT2D eigenvalue weighted by Crippen LogP contribution is 2.29. The lowest BCUT2D eigenvalue weighted by molar-refractivity contribution is 0.0940. The summed E-state index contributed by atoms with van der Waals surface area (Å²) in [5.74, 6) is 2.23. The average Bonchev–Trinajstić information content (AvgIpc) is 3.42. The van der Waals surface area contributed by atoms with Crippen molar-refractivity contribution in [2.75, 3.05) is 38.2 Å². The number of hydrogen-bond donors (Lipinski definition) is 0. The van der Waals surface area contributed by atoms with E-state index in [1.54, 1.807) is 12.0 Å². The Morgan fingerprint density at radius 1 is 0.865 bits per heavy atom. The topological polar surface area (TPSA) is 85.1 Å². The molecule has 1 fully saturated rings. The number of ether oxygens (including phenoxy) is 2. The number of fused-ring (bicyclic) bond motifs is 3. The van der Waals surface area contributed by atoms with Crippen LogP contribution in [-0.2, 0) is 11.3 Å². The Balaban J connectivity index is 1.28. The number of aromatic nitrogens is 4. The van der Waals surface area contributed by atoms with E-state index in [0.717, 1.165) is 39.4 Å². The Morgan fingerprint density at radius 2 is 1.59 bits per heavy atom. The van der Waals surface area contributed by atoms with Crippen molar-refractivity contribution in [3.63, 3.8) is 0 Å². The number of methoxy groups -OCH3 is 1. The van der Waals surface area contributed by atoms with Crippen molar-refractivity contribution >= 4 is 28.6 Å². The maximum Gasteiger partial charge on any atom is 0.410 e. The molecule has 0 atom stereocenters. The second kappa shape index (κ2) is 9.77. The van der Waals surface area contributed by atoms with Crippen molar-refractivity contribution in [3.8, 4) is 17.1 Å². The summed E-state index contributed by atoms with van der Waals surface area (Å²) < 4.78 is 12.9. The Hall–Kier alpha value is -4.66. The molecular formula is C28H26N6O3. The summed E-state index contributed by atoms with van der Waals surface area (Å²) in [6.07, 6.45) is -0.302. The zero-order valence-electron chi connectivity index (χ0n) is 20.4. The van der Waals surface area contributed by atoms with Gasteiger partial charge in [-0.2, -0.15) is 0 Å². The smallest absolute Gasteiger partial charge is 0.410 e. The summed E-state index contributed by atoms with van der Waals surface area (Å²) in [5.41, 5.74) is 3.48. The number of anilines is 1. The quantitative estimate of drug-likeness (QED) is 0.358. The van der Waals surface area contributed by atoms with Gasteiger partial charge in [0, 0.05) is 37.1 Å². The van der Waals surface area contributed by atoms with Crippen LogP contribution >= 0.6 is 0 Å². The van der Waals surface area contributed by atoms with Crippen LogP contribution in [0.15, 0.2) is 78.9 Å². The fourth-order valence-corrected chi connectivity index (χ4v) is 4.60. The van der Waals surface area contributed by atoms with E-state index in [9.17, 15) is 4.79 Å². The normalized spacial score (nSPS) is 13.8. The van der Waals surface area contributed by atoms with E-state index >= 15 is 0 Å². The molecule has 0 N–H and O–H groups in total. The van der Waals surface area contributed by atoms with Crippen LogP contribution < -0.4 is 9.64 Å². The van der Waals surface area contributed by atoms with Crippen LogP contribution in [0.5, 0.6) is 5.75 Å². The number of carbonyl (C=O) groups excluding carboxylic acids is 1. The molecule has 9 nitrogen and oxygen atoms in total. The molecule has 0 aliphatic carbocycles. The van der Waals surface area contributed by atoms with Crippen LogP contribution in [0, 0.1) is 0 Å². The van der Waals surface area contributed by atoms with Gasteiger partial charge in [-0.15, -0.1) is 10.2 Å². The average molecular weight is 495 g/mol. The van der Waals surface area contributed by atoms with E-state index in [1.807, 2.05) is 83.3 Å². The van der Waals surface area contributed by atoms with Crippen molar-refractivity contribution in [2.45, 2.75) is 6.61 Å². The third kappa shape index (κ3) is 4.40. The van der Waals surface area contributed by atoms with E-state index in [4.69, 9.17) is 14.5 Å². The lowest BCUT2D eigenvalue weighted by atomic mass is 10.2. The molecule has 0 radical (unpaired) electrons. The minimum absolute atomic E-state index is 0.263. The molecule has 3 aromatic carbocycles. The molecular weight excluding hydrogens is 468 g/mol. The summed E-state index contributed by atoms with van der Waals surface area (Å²) in [5, 5.41) is 10.0. The monoisotopic (exact) mass is 494 g/mol. The van der Waals surface area contributed by atoms with Gasteiger partial charge in [0.15, 0.2) is 11.5 Å². The van der Waals surface area contributed by atoms with Gasteiger partial charge in [0.1, 0.15) is 12.4 Å². The molecule has 0 spiro atoms. The standard InChI is InChI=1S/C28H26N6O3/c1-36-22-13-11-21(12-14-22)25-30-31-26-23-9-5-6-10-24(23)29-27(34(25)26)32-15-17-33(18-16-32)28(35)37-19-20-7-3-2-4-8-20/h2-14H,15-19H2,1H3. The number of hydrogen-bond acceptors (Lipinski definition) is 7. The fourth-order valence-electron chi connectivity index (χ4n) is 4.60. The van der Waals surface area contributed by atoms with Crippen molar-refractivity contribution in [1.29, 1.82) is 0 Å². The van der Waals surface area contributed by atoms with Crippen molar-refractivity contribution in [2.24, 2.45) is 0 Å². The number of nitrogens with zero attached hydrogens (tertiary/aromatic N) is 6. The molecule has 5 aromatic rings.